The molecule has 0 aliphatic heterocycles. The van der Waals surface area contributed by atoms with E-state index >= 15 is 0 Å². The molecule has 0 radical (unpaired) electrons. The molecule has 0 unspecified atom stereocenters. The molecule has 1 aromatic rings. The van der Waals surface area contributed by atoms with Crippen molar-refractivity contribution in [3.8, 4) is 0 Å². The molecule has 1 aromatic heterocycles. The monoisotopic (exact) mass is 203 g/mol. The molecular weight excluding hydrogens is 194 g/mol. The van der Waals surface area contributed by atoms with E-state index in [1.54, 1.807) is 0 Å². The molecule has 72 valence electrons. The minimum Gasteiger partial charge on any atom is -0.480 e. The second-order valence-corrected chi connectivity index (χ2v) is 3.21. The van der Waals surface area contributed by atoms with Crippen LogP contribution < -0.4 is 5.73 Å². The van der Waals surface area contributed by atoms with Crippen LogP contribution in [0.2, 0.25) is 0 Å². The van der Waals surface area contributed by atoms with E-state index < -0.39 is 5.97 Å². The summed E-state index contributed by atoms with van der Waals surface area (Å²) in [5.74, 6) is -0.304. The number of aromatic nitrogens is 4. The lowest BCUT2D eigenvalue weighted by atomic mass is 10.7. The van der Waals surface area contributed by atoms with Gasteiger partial charge in [-0.3, -0.25) is 4.79 Å². The molecule has 0 bridgehead atoms. The van der Waals surface area contributed by atoms with Gasteiger partial charge in [-0.2, -0.15) is 0 Å². The molecule has 0 aliphatic rings. The summed E-state index contributed by atoms with van der Waals surface area (Å²) in [6.07, 6.45) is 0. The molecular formula is C5H9N5O2S. The highest BCUT2D eigenvalue weighted by Crippen LogP contribution is 2.11. The number of thioether (sulfide) groups is 1. The summed E-state index contributed by atoms with van der Waals surface area (Å²) in [4.78, 5) is 10.3. The molecule has 3 N–H and O–H groups in total. The molecule has 0 saturated carbocycles. The van der Waals surface area contributed by atoms with Gasteiger partial charge in [0.25, 0.3) is 0 Å². The molecule has 0 spiro atoms. The zero-order valence-corrected chi connectivity index (χ0v) is 7.57. The van der Waals surface area contributed by atoms with E-state index in [-0.39, 0.29) is 6.54 Å². The molecule has 0 fully saturated rings. The zero-order valence-electron chi connectivity index (χ0n) is 6.75. The van der Waals surface area contributed by atoms with Crippen LogP contribution in [-0.4, -0.2) is 43.6 Å². The van der Waals surface area contributed by atoms with Crippen LogP contribution in [-0.2, 0) is 11.3 Å². The third-order valence-corrected chi connectivity index (χ3v) is 2.12. The summed E-state index contributed by atoms with van der Waals surface area (Å²) < 4.78 is 1.22. The number of carboxylic acid groups (broad SMARTS) is 1. The molecule has 0 amide bonds. The molecule has 0 atom stereocenters. The van der Waals surface area contributed by atoms with Gasteiger partial charge in [0.15, 0.2) is 0 Å². The smallest absolute Gasteiger partial charge is 0.325 e. The maximum atomic E-state index is 10.3. The number of rotatable bonds is 5. The van der Waals surface area contributed by atoms with Gasteiger partial charge in [-0.05, 0) is 10.4 Å². The topological polar surface area (TPSA) is 107 Å². The predicted molar refractivity (Wildman–Crippen MR) is 45.2 cm³/mol. The van der Waals surface area contributed by atoms with Gasteiger partial charge in [0.1, 0.15) is 6.54 Å². The lowest BCUT2D eigenvalue weighted by Gasteiger charge is -1.98. The second kappa shape index (κ2) is 4.77. The van der Waals surface area contributed by atoms with Crippen molar-refractivity contribution in [3.63, 3.8) is 0 Å². The van der Waals surface area contributed by atoms with Gasteiger partial charge in [0, 0.05) is 12.3 Å². The van der Waals surface area contributed by atoms with Crippen LogP contribution in [0.25, 0.3) is 0 Å². The number of nitrogens with zero attached hydrogens (tertiary/aromatic N) is 4. The Morgan fingerprint density at radius 3 is 3.08 bits per heavy atom. The molecule has 13 heavy (non-hydrogen) atoms. The maximum absolute atomic E-state index is 10.3. The Morgan fingerprint density at radius 1 is 1.69 bits per heavy atom. The fraction of sp³-hybridized carbons (Fsp3) is 0.600. The third-order valence-electron chi connectivity index (χ3n) is 1.13. The largest absolute Gasteiger partial charge is 0.480 e. The standard InChI is InChI=1S/C5H9N5O2S/c6-1-2-13-5-7-8-9-10(5)3-4(11)12/h1-3,6H2,(H,11,12). The van der Waals surface area contributed by atoms with Gasteiger partial charge >= 0.3 is 5.97 Å². The third kappa shape index (κ3) is 2.99. The van der Waals surface area contributed by atoms with E-state index in [0.29, 0.717) is 17.5 Å². The molecule has 1 rings (SSSR count). The molecule has 1 heterocycles. The van der Waals surface area contributed by atoms with E-state index in [4.69, 9.17) is 10.8 Å². The number of carbonyl (C=O) groups is 1. The number of nitrogens with two attached hydrogens (primary N) is 1. The van der Waals surface area contributed by atoms with Crippen molar-refractivity contribution in [2.24, 2.45) is 5.73 Å². The Kier molecular flexibility index (Phi) is 3.65. The van der Waals surface area contributed by atoms with E-state index in [9.17, 15) is 4.79 Å². The summed E-state index contributed by atoms with van der Waals surface area (Å²) >= 11 is 1.33. The summed E-state index contributed by atoms with van der Waals surface area (Å²) in [5.41, 5.74) is 5.28. The lowest BCUT2D eigenvalue weighted by molar-refractivity contribution is -0.138. The van der Waals surface area contributed by atoms with Gasteiger partial charge in [-0.25, -0.2) is 4.68 Å². The Bertz CT molecular complexity index is 288. The summed E-state index contributed by atoms with van der Waals surface area (Å²) in [7, 11) is 0. The number of tetrazole rings is 1. The van der Waals surface area contributed by atoms with Crippen LogP contribution in [0, 0.1) is 0 Å². The van der Waals surface area contributed by atoms with Crippen LogP contribution in [0.4, 0.5) is 0 Å². The van der Waals surface area contributed by atoms with Gasteiger partial charge in [-0.1, -0.05) is 11.8 Å². The van der Waals surface area contributed by atoms with E-state index in [1.807, 2.05) is 0 Å². The fourth-order valence-corrected chi connectivity index (χ4v) is 1.32. The Morgan fingerprint density at radius 2 is 2.46 bits per heavy atom. The van der Waals surface area contributed by atoms with Crippen LogP contribution in [0.3, 0.4) is 0 Å². The SMILES string of the molecule is NCCSc1nnnn1CC(=O)O. The van der Waals surface area contributed by atoms with Crippen molar-refractivity contribution in [2.75, 3.05) is 12.3 Å². The quantitative estimate of drug-likeness (QED) is 0.579. The fourth-order valence-electron chi connectivity index (χ4n) is 0.677. The number of hydrogen-bond acceptors (Lipinski definition) is 6. The van der Waals surface area contributed by atoms with Crippen molar-refractivity contribution in [3.05, 3.63) is 0 Å². The van der Waals surface area contributed by atoms with Crippen molar-refractivity contribution in [1.29, 1.82) is 0 Å². The van der Waals surface area contributed by atoms with Gasteiger partial charge in [0.05, 0.1) is 0 Å². The molecule has 0 aliphatic carbocycles. The first-order valence-electron chi connectivity index (χ1n) is 3.55. The van der Waals surface area contributed by atoms with Crippen molar-refractivity contribution in [2.45, 2.75) is 11.7 Å². The first-order valence-corrected chi connectivity index (χ1v) is 4.53. The number of aliphatic carboxylic acids is 1. The summed E-state index contributed by atoms with van der Waals surface area (Å²) in [6.45, 7) is 0.282. The van der Waals surface area contributed by atoms with E-state index in [2.05, 4.69) is 15.5 Å². The minimum atomic E-state index is -0.970. The Labute approximate surface area is 78.3 Å². The lowest BCUT2D eigenvalue weighted by Crippen LogP contribution is -2.12. The molecule has 0 saturated heterocycles. The molecule has 0 aromatic carbocycles. The first-order chi connectivity index (χ1) is 6.24. The Balaban J connectivity index is 2.60. The highest BCUT2D eigenvalue weighted by Gasteiger charge is 2.08. The van der Waals surface area contributed by atoms with Crippen LogP contribution in [0.5, 0.6) is 0 Å². The Hall–Kier alpha value is -1.15. The first kappa shape index (κ1) is 9.93. The average Bonchev–Trinajstić information content (AvgIpc) is 2.48. The van der Waals surface area contributed by atoms with Crippen LogP contribution in [0.15, 0.2) is 5.16 Å². The number of carboxylic acids is 1. The summed E-state index contributed by atoms with van der Waals surface area (Å²) in [5, 5.41) is 19.5. The maximum Gasteiger partial charge on any atom is 0.325 e. The average molecular weight is 203 g/mol. The summed E-state index contributed by atoms with van der Waals surface area (Å²) in [6, 6.07) is 0. The van der Waals surface area contributed by atoms with Crippen molar-refractivity contribution < 1.29 is 9.90 Å². The highest BCUT2D eigenvalue weighted by molar-refractivity contribution is 7.99. The normalized spacial score (nSPS) is 10.2. The highest BCUT2D eigenvalue weighted by atomic mass is 32.2. The van der Waals surface area contributed by atoms with Crippen molar-refractivity contribution in [1.82, 2.24) is 20.2 Å². The van der Waals surface area contributed by atoms with Gasteiger partial charge < -0.3 is 10.8 Å². The van der Waals surface area contributed by atoms with Crippen molar-refractivity contribution >= 4 is 17.7 Å². The van der Waals surface area contributed by atoms with E-state index in [1.165, 1.54) is 16.4 Å². The second-order valence-electron chi connectivity index (χ2n) is 2.15. The number of hydrogen-bond donors (Lipinski definition) is 2. The van der Waals surface area contributed by atoms with Gasteiger partial charge in [-0.15, -0.1) is 5.10 Å². The molecule has 8 heteroatoms. The zero-order chi connectivity index (χ0) is 9.68. The van der Waals surface area contributed by atoms with Crippen LogP contribution in [0.1, 0.15) is 0 Å². The predicted octanol–water partition coefficient (Wildman–Crippen LogP) is -1.19. The van der Waals surface area contributed by atoms with Crippen LogP contribution >= 0.6 is 11.8 Å². The van der Waals surface area contributed by atoms with Gasteiger partial charge in [0.2, 0.25) is 5.16 Å². The van der Waals surface area contributed by atoms with E-state index in [0.717, 1.165) is 0 Å². The minimum absolute atomic E-state index is 0.222. The molecule has 7 nitrogen and oxygen atoms in total.